The van der Waals surface area contributed by atoms with Crippen LogP contribution < -0.4 is 5.73 Å². The van der Waals surface area contributed by atoms with Gasteiger partial charge in [0.05, 0.1) is 6.10 Å². The largest absolute Gasteiger partial charge is 0.388 e. The summed E-state index contributed by atoms with van der Waals surface area (Å²) < 4.78 is 27.0. The predicted octanol–water partition coefficient (Wildman–Crippen LogP) is 3.39. The lowest BCUT2D eigenvalue weighted by atomic mass is 9.89. The molecule has 0 aliphatic rings. The monoisotopic (exact) mass is 297 g/mol. The van der Waals surface area contributed by atoms with Gasteiger partial charge in [-0.2, -0.15) is 0 Å². The lowest BCUT2D eigenvalue weighted by Crippen LogP contribution is -2.21. The number of aliphatic hydroxyl groups excluding tert-OH is 1. The molecule has 0 bridgehead atoms. The highest BCUT2D eigenvalue weighted by molar-refractivity contribution is 6.30. The molecule has 2 nitrogen and oxygen atoms in total. The van der Waals surface area contributed by atoms with Crippen LogP contribution in [0.4, 0.5) is 8.78 Å². The molecule has 0 spiro atoms. The molecule has 0 aliphatic heterocycles. The van der Waals surface area contributed by atoms with E-state index in [4.69, 9.17) is 17.3 Å². The van der Waals surface area contributed by atoms with Gasteiger partial charge in [-0.3, -0.25) is 0 Å². The highest BCUT2D eigenvalue weighted by Crippen LogP contribution is 2.33. The van der Waals surface area contributed by atoms with Gasteiger partial charge in [0.25, 0.3) is 0 Å². The minimum Gasteiger partial charge on any atom is -0.388 e. The Balaban J connectivity index is 2.38. The summed E-state index contributed by atoms with van der Waals surface area (Å²) in [5.74, 6) is -1.62. The van der Waals surface area contributed by atoms with Crippen LogP contribution in [-0.4, -0.2) is 11.7 Å². The zero-order valence-electron chi connectivity index (χ0n) is 10.6. The fraction of sp³-hybridized carbons (Fsp3) is 0.200. The van der Waals surface area contributed by atoms with Gasteiger partial charge in [0.2, 0.25) is 0 Å². The Morgan fingerprint density at radius 3 is 2.55 bits per heavy atom. The first kappa shape index (κ1) is 14.9. The maximum absolute atomic E-state index is 13.8. The van der Waals surface area contributed by atoms with Crippen molar-refractivity contribution < 1.29 is 13.9 Å². The van der Waals surface area contributed by atoms with Crippen molar-refractivity contribution in [2.45, 2.75) is 12.0 Å². The second-order valence-corrected chi connectivity index (χ2v) is 4.94. The minimum atomic E-state index is -1.19. The Labute approximate surface area is 120 Å². The predicted molar refractivity (Wildman–Crippen MR) is 74.6 cm³/mol. The first-order valence-electron chi connectivity index (χ1n) is 6.11. The molecule has 2 unspecified atom stereocenters. The van der Waals surface area contributed by atoms with Gasteiger partial charge in [0.1, 0.15) is 11.6 Å². The van der Waals surface area contributed by atoms with Crippen molar-refractivity contribution >= 4 is 11.6 Å². The average Bonchev–Trinajstić information content (AvgIpc) is 2.42. The average molecular weight is 298 g/mol. The first-order valence-corrected chi connectivity index (χ1v) is 6.49. The second kappa shape index (κ2) is 6.31. The van der Waals surface area contributed by atoms with Crippen LogP contribution in [0.2, 0.25) is 5.02 Å². The smallest absolute Gasteiger partial charge is 0.129 e. The molecule has 3 N–H and O–H groups in total. The SMILES string of the molecule is NCC(c1cccc(F)c1)C(O)c1cc(Cl)ccc1F. The summed E-state index contributed by atoms with van der Waals surface area (Å²) in [7, 11) is 0. The third kappa shape index (κ3) is 3.15. The van der Waals surface area contributed by atoms with Crippen molar-refractivity contribution in [2.75, 3.05) is 6.54 Å². The molecule has 0 aliphatic carbocycles. The van der Waals surface area contributed by atoms with Gasteiger partial charge in [-0.25, -0.2) is 8.78 Å². The normalized spacial score (nSPS) is 14.1. The summed E-state index contributed by atoms with van der Waals surface area (Å²) in [6.07, 6.45) is -1.19. The van der Waals surface area contributed by atoms with E-state index in [2.05, 4.69) is 0 Å². The maximum atomic E-state index is 13.8. The summed E-state index contributed by atoms with van der Waals surface area (Å²) in [5.41, 5.74) is 6.21. The van der Waals surface area contributed by atoms with E-state index >= 15 is 0 Å². The van der Waals surface area contributed by atoms with Crippen LogP contribution in [0.25, 0.3) is 0 Å². The summed E-state index contributed by atoms with van der Waals surface area (Å²) >= 11 is 5.81. The molecule has 0 saturated heterocycles. The van der Waals surface area contributed by atoms with E-state index in [1.165, 1.54) is 36.4 Å². The lowest BCUT2D eigenvalue weighted by Gasteiger charge is -2.23. The van der Waals surface area contributed by atoms with E-state index in [1.54, 1.807) is 6.07 Å². The molecule has 0 saturated carbocycles. The summed E-state index contributed by atoms with van der Waals surface area (Å²) in [6, 6.07) is 9.67. The van der Waals surface area contributed by atoms with Crippen molar-refractivity contribution in [2.24, 2.45) is 5.73 Å². The number of benzene rings is 2. The Bertz CT molecular complexity index is 606. The molecule has 2 aromatic rings. The van der Waals surface area contributed by atoms with E-state index in [0.717, 1.165) is 0 Å². The fourth-order valence-electron chi connectivity index (χ4n) is 2.14. The molecule has 20 heavy (non-hydrogen) atoms. The third-order valence-corrected chi connectivity index (χ3v) is 3.42. The Morgan fingerprint density at radius 1 is 1.15 bits per heavy atom. The van der Waals surface area contributed by atoms with Crippen LogP contribution in [0.1, 0.15) is 23.1 Å². The molecule has 5 heteroatoms. The van der Waals surface area contributed by atoms with Crippen molar-refractivity contribution in [3.8, 4) is 0 Å². The Hall–Kier alpha value is -1.49. The van der Waals surface area contributed by atoms with Gasteiger partial charge in [0, 0.05) is 23.0 Å². The standard InChI is InChI=1S/C15H14ClF2NO/c16-10-4-5-14(18)12(7-10)15(20)13(8-19)9-2-1-3-11(17)6-9/h1-7,13,15,20H,8,19H2. The molecule has 0 radical (unpaired) electrons. The molecule has 0 aromatic heterocycles. The van der Waals surface area contributed by atoms with E-state index < -0.39 is 23.7 Å². The molecular formula is C15H14ClF2NO. The van der Waals surface area contributed by atoms with Crippen LogP contribution in [0.5, 0.6) is 0 Å². The van der Waals surface area contributed by atoms with Crippen molar-refractivity contribution in [3.05, 3.63) is 70.2 Å². The minimum absolute atomic E-state index is 0.0522. The number of hydrogen-bond donors (Lipinski definition) is 2. The molecular weight excluding hydrogens is 284 g/mol. The topological polar surface area (TPSA) is 46.2 Å². The quantitative estimate of drug-likeness (QED) is 0.908. The van der Waals surface area contributed by atoms with Gasteiger partial charge < -0.3 is 10.8 Å². The molecule has 0 heterocycles. The number of rotatable bonds is 4. The molecule has 106 valence electrons. The molecule has 0 amide bonds. The number of aliphatic hydroxyl groups is 1. The number of nitrogens with two attached hydrogens (primary N) is 1. The highest BCUT2D eigenvalue weighted by atomic mass is 35.5. The Kier molecular flexibility index (Phi) is 4.70. The van der Waals surface area contributed by atoms with E-state index in [-0.39, 0.29) is 12.1 Å². The van der Waals surface area contributed by atoms with Gasteiger partial charge in [-0.15, -0.1) is 0 Å². The van der Waals surface area contributed by atoms with Crippen molar-refractivity contribution in [1.29, 1.82) is 0 Å². The van der Waals surface area contributed by atoms with Crippen LogP contribution in [-0.2, 0) is 0 Å². The summed E-state index contributed by atoms with van der Waals surface area (Å²) in [6.45, 7) is 0.0522. The van der Waals surface area contributed by atoms with E-state index in [0.29, 0.717) is 10.6 Å². The van der Waals surface area contributed by atoms with Crippen molar-refractivity contribution in [3.63, 3.8) is 0 Å². The molecule has 2 atom stereocenters. The van der Waals surface area contributed by atoms with Crippen molar-refractivity contribution in [1.82, 2.24) is 0 Å². The first-order chi connectivity index (χ1) is 9.52. The zero-order chi connectivity index (χ0) is 14.7. The maximum Gasteiger partial charge on any atom is 0.129 e. The summed E-state index contributed by atoms with van der Waals surface area (Å²) in [5, 5.41) is 10.6. The van der Waals surface area contributed by atoms with Crippen LogP contribution >= 0.6 is 11.6 Å². The van der Waals surface area contributed by atoms with E-state index in [1.807, 2.05) is 0 Å². The third-order valence-electron chi connectivity index (χ3n) is 3.19. The number of hydrogen-bond acceptors (Lipinski definition) is 2. The zero-order valence-corrected chi connectivity index (χ0v) is 11.3. The molecule has 0 fully saturated rings. The highest BCUT2D eigenvalue weighted by Gasteiger charge is 2.24. The Morgan fingerprint density at radius 2 is 1.90 bits per heavy atom. The lowest BCUT2D eigenvalue weighted by molar-refractivity contribution is 0.143. The molecule has 2 rings (SSSR count). The van der Waals surface area contributed by atoms with Gasteiger partial charge in [-0.05, 0) is 35.9 Å². The molecule has 2 aromatic carbocycles. The van der Waals surface area contributed by atoms with Gasteiger partial charge in [-0.1, -0.05) is 23.7 Å². The van der Waals surface area contributed by atoms with E-state index in [9.17, 15) is 13.9 Å². The second-order valence-electron chi connectivity index (χ2n) is 4.51. The fourth-order valence-corrected chi connectivity index (χ4v) is 2.32. The van der Waals surface area contributed by atoms with Crippen LogP contribution in [0, 0.1) is 11.6 Å². The van der Waals surface area contributed by atoms with Gasteiger partial charge in [0.15, 0.2) is 0 Å². The summed E-state index contributed by atoms with van der Waals surface area (Å²) in [4.78, 5) is 0. The van der Waals surface area contributed by atoms with Gasteiger partial charge >= 0.3 is 0 Å². The van der Waals surface area contributed by atoms with Crippen LogP contribution in [0.15, 0.2) is 42.5 Å². The number of halogens is 3. The van der Waals surface area contributed by atoms with Crippen LogP contribution in [0.3, 0.4) is 0 Å².